The van der Waals surface area contributed by atoms with Gasteiger partial charge in [-0.25, -0.2) is 22.3 Å². The van der Waals surface area contributed by atoms with Gasteiger partial charge in [-0.05, 0) is 0 Å². The predicted molar refractivity (Wildman–Crippen MR) is 80.1 cm³/mol. The van der Waals surface area contributed by atoms with Gasteiger partial charge in [0.1, 0.15) is 0 Å². The molecule has 1 heteroatoms. The minimum Gasteiger partial charge on any atom is -0.269 e. The molecule has 0 unspecified atom stereocenters. The molecule has 0 radical (unpaired) electrons. The summed E-state index contributed by atoms with van der Waals surface area (Å²) in [5, 5.41) is 0. The van der Waals surface area contributed by atoms with Gasteiger partial charge in [-0.15, -0.1) is 26.7 Å². The van der Waals surface area contributed by atoms with E-state index in [0.717, 1.165) is 12.8 Å². The zero-order valence-corrected chi connectivity index (χ0v) is 15.4. The number of hydrogen-bond acceptors (Lipinski definition) is 0. The fourth-order valence-electron chi connectivity index (χ4n) is 2.25. The fraction of sp³-hybridized carbons (Fsp3) is 0.556. The van der Waals surface area contributed by atoms with E-state index >= 15 is 0 Å². The fourth-order valence-corrected chi connectivity index (χ4v) is 2.25. The van der Waals surface area contributed by atoms with Gasteiger partial charge in [0.05, 0.1) is 0 Å². The zero-order chi connectivity index (χ0) is 13.4. The maximum absolute atomic E-state index is 3.33. The van der Waals surface area contributed by atoms with E-state index in [4.69, 9.17) is 0 Å². The Kier molecular flexibility index (Phi) is 10.5. The van der Waals surface area contributed by atoms with Crippen molar-refractivity contribution in [3.05, 3.63) is 46.6 Å². The summed E-state index contributed by atoms with van der Waals surface area (Å²) >= 11 is 0. The van der Waals surface area contributed by atoms with Crippen LogP contribution in [-0.2, 0) is 26.2 Å². The molecule has 0 aromatic heterocycles. The van der Waals surface area contributed by atoms with E-state index in [1.54, 1.807) is 0 Å². The molecule has 0 saturated carbocycles. The van der Waals surface area contributed by atoms with Crippen molar-refractivity contribution >= 4 is 0 Å². The third-order valence-corrected chi connectivity index (χ3v) is 3.40. The number of hydrogen-bond donors (Lipinski definition) is 0. The molecule has 19 heavy (non-hydrogen) atoms. The molecule has 2 rings (SSSR count). The van der Waals surface area contributed by atoms with Gasteiger partial charge in [0.2, 0.25) is 0 Å². The van der Waals surface area contributed by atoms with E-state index in [1.807, 2.05) is 0 Å². The topological polar surface area (TPSA) is 0 Å². The molecule has 0 saturated heterocycles. The third kappa shape index (κ3) is 6.71. The standard InChI is InChI=1S/2C9H13.Zr/c2*1-3-5-9-7-4-6-8(9)2;/h2*6H,3-5H2,1-2H3;/q2*-1;+2. The summed E-state index contributed by atoms with van der Waals surface area (Å²) in [5.74, 6) is 0. The van der Waals surface area contributed by atoms with Crippen molar-refractivity contribution in [3.8, 4) is 0 Å². The second-order valence-electron chi connectivity index (χ2n) is 4.99. The second kappa shape index (κ2) is 10.6. The number of allylic oxidation sites excluding steroid dienone is 8. The van der Waals surface area contributed by atoms with Gasteiger partial charge in [-0.2, -0.15) is 12.2 Å². The average molecular weight is 334 g/mol. The van der Waals surface area contributed by atoms with E-state index < -0.39 is 0 Å². The summed E-state index contributed by atoms with van der Waals surface area (Å²) in [5.41, 5.74) is 5.77. The maximum Gasteiger partial charge on any atom is 2.00 e. The van der Waals surface area contributed by atoms with Crippen LogP contribution in [-0.4, -0.2) is 0 Å². The van der Waals surface area contributed by atoms with Crippen molar-refractivity contribution in [2.24, 2.45) is 0 Å². The molecule has 2 aliphatic rings. The van der Waals surface area contributed by atoms with Crippen LogP contribution < -0.4 is 0 Å². The molecule has 0 spiro atoms. The van der Waals surface area contributed by atoms with E-state index in [2.05, 4.69) is 52.0 Å². The molecule has 0 aliphatic heterocycles. The van der Waals surface area contributed by atoms with Gasteiger partial charge < -0.3 is 0 Å². The molecular formula is C18H26Zr. The van der Waals surface area contributed by atoms with Crippen LogP contribution >= 0.6 is 0 Å². The molecule has 0 atom stereocenters. The SMILES string of the molecule is CCCC1=[C-]CC=C1C.CCCC1=[C-]CC=C1C.[Zr+2]. The summed E-state index contributed by atoms with van der Waals surface area (Å²) in [6.07, 6.45) is 18.1. The Labute approximate surface area is 138 Å². The van der Waals surface area contributed by atoms with Crippen LogP contribution in [0.25, 0.3) is 0 Å². The summed E-state index contributed by atoms with van der Waals surface area (Å²) < 4.78 is 0. The molecule has 0 bridgehead atoms. The summed E-state index contributed by atoms with van der Waals surface area (Å²) in [6.45, 7) is 8.76. The minimum atomic E-state index is 0. The van der Waals surface area contributed by atoms with Crippen molar-refractivity contribution in [3.63, 3.8) is 0 Å². The molecular weight excluding hydrogens is 307 g/mol. The van der Waals surface area contributed by atoms with Gasteiger partial charge in [-0.1, -0.05) is 39.5 Å². The normalized spacial score (nSPS) is 16.6. The Balaban J connectivity index is 0.000000324. The Morgan fingerprint density at radius 1 is 0.842 bits per heavy atom. The largest absolute Gasteiger partial charge is 2.00 e. The summed E-state index contributed by atoms with van der Waals surface area (Å²) in [6, 6.07) is 0. The van der Waals surface area contributed by atoms with E-state index in [1.165, 1.54) is 48.0 Å². The van der Waals surface area contributed by atoms with Gasteiger partial charge in [0.15, 0.2) is 0 Å². The van der Waals surface area contributed by atoms with Crippen LogP contribution in [0.1, 0.15) is 66.2 Å². The van der Waals surface area contributed by atoms with Crippen LogP contribution in [0.5, 0.6) is 0 Å². The van der Waals surface area contributed by atoms with E-state index in [9.17, 15) is 0 Å². The third-order valence-electron chi connectivity index (χ3n) is 3.40. The maximum atomic E-state index is 3.33. The van der Waals surface area contributed by atoms with Crippen LogP contribution in [0.2, 0.25) is 0 Å². The van der Waals surface area contributed by atoms with Crippen LogP contribution in [0.4, 0.5) is 0 Å². The summed E-state index contributed by atoms with van der Waals surface area (Å²) in [4.78, 5) is 0. The second-order valence-corrected chi connectivity index (χ2v) is 4.99. The molecule has 0 aromatic rings. The first-order valence-electron chi connectivity index (χ1n) is 7.22. The van der Waals surface area contributed by atoms with Crippen LogP contribution in [0.15, 0.2) is 34.4 Å². The zero-order valence-electron chi connectivity index (χ0n) is 12.9. The van der Waals surface area contributed by atoms with E-state index in [-0.39, 0.29) is 26.2 Å². The van der Waals surface area contributed by atoms with Gasteiger partial charge >= 0.3 is 26.2 Å². The van der Waals surface area contributed by atoms with Crippen molar-refractivity contribution in [2.45, 2.75) is 66.2 Å². The van der Waals surface area contributed by atoms with Crippen molar-refractivity contribution in [1.82, 2.24) is 0 Å². The van der Waals surface area contributed by atoms with Crippen LogP contribution in [0.3, 0.4) is 0 Å². The molecule has 0 aromatic carbocycles. The van der Waals surface area contributed by atoms with E-state index in [0.29, 0.717) is 0 Å². The molecule has 0 fully saturated rings. The van der Waals surface area contributed by atoms with Crippen molar-refractivity contribution in [2.75, 3.05) is 0 Å². The first kappa shape index (κ1) is 18.8. The quantitative estimate of drug-likeness (QED) is 0.576. The first-order valence-corrected chi connectivity index (χ1v) is 7.22. The molecule has 2 aliphatic carbocycles. The van der Waals surface area contributed by atoms with Gasteiger partial charge in [0.25, 0.3) is 0 Å². The molecule has 102 valence electrons. The summed E-state index contributed by atoms with van der Waals surface area (Å²) in [7, 11) is 0. The minimum absolute atomic E-state index is 0. The average Bonchev–Trinajstić information content (AvgIpc) is 2.92. The molecule has 0 nitrogen and oxygen atoms in total. The smallest absolute Gasteiger partial charge is 0.269 e. The van der Waals surface area contributed by atoms with Crippen molar-refractivity contribution in [1.29, 1.82) is 0 Å². The van der Waals surface area contributed by atoms with Gasteiger partial charge in [-0.3, -0.25) is 12.2 Å². The first-order chi connectivity index (χ1) is 8.69. The molecule has 0 N–H and O–H groups in total. The van der Waals surface area contributed by atoms with Crippen molar-refractivity contribution < 1.29 is 26.2 Å². The molecule has 0 amide bonds. The number of rotatable bonds is 4. The Bertz CT molecular complexity index is 342. The Hall–Kier alpha value is -0.157. The molecule has 0 heterocycles. The monoisotopic (exact) mass is 332 g/mol. The van der Waals surface area contributed by atoms with Gasteiger partial charge in [0, 0.05) is 0 Å². The Morgan fingerprint density at radius 2 is 1.21 bits per heavy atom. The predicted octanol–water partition coefficient (Wildman–Crippen LogP) is 5.73. The Morgan fingerprint density at radius 3 is 1.42 bits per heavy atom. The van der Waals surface area contributed by atoms with Crippen LogP contribution in [0, 0.1) is 12.2 Å².